The standard InChI is InChI=1S/C13H13N3O4/c1-2-19-13(18)12(17)14-8-10-15-11(16-20-10)9-6-4-3-5-7-9/h3-7H,2,8H2,1H3,(H,14,17). The van der Waals surface area contributed by atoms with Crippen LogP contribution in [0.2, 0.25) is 0 Å². The summed E-state index contributed by atoms with van der Waals surface area (Å²) in [6.07, 6.45) is 0. The predicted molar refractivity (Wildman–Crippen MR) is 68.2 cm³/mol. The van der Waals surface area contributed by atoms with Gasteiger partial charge in [-0.05, 0) is 6.92 Å². The number of hydrogen-bond donors (Lipinski definition) is 1. The van der Waals surface area contributed by atoms with Crippen LogP contribution in [-0.4, -0.2) is 28.6 Å². The molecule has 104 valence electrons. The van der Waals surface area contributed by atoms with Gasteiger partial charge < -0.3 is 14.6 Å². The molecule has 1 N–H and O–H groups in total. The number of nitrogens with zero attached hydrogens (tertiary/aromatic N) is 2. The lowest BCUT2D eigenvalue weighted by Crippen LogP contribution is -2.32. The predicted octanol–water partition coefficient (Wildman–Crippen LogP) is 0.916. The Morgan fingerprint density at radius 1 is 1.30 bits per heavy atom. The second-order valence-electron chi connectivity index (χ2n) is 3.78. The van der Waals surface area contributed by atoms with Crippen molar-refractivity contribution in [2.45, 2.75) is 13.5 Å². The van der Waals surface area contributed by atoms with E-state index in [1.54, 1.807) is 6.92 Å². The van der Waals surface area contributed by atoms with Crippen LogP contribution in [0.4, 0.5) is 0 Å². The van der Waals surface area contributed by atoms with E-state index in [0.717, 1.165) is 5.56 Å². The van der Waals surface area contributed by atoms with Gasteiger partial charge in [0.2, 0.25) is 11.7 Å². The third-order valence-electron chi connectivity index (χ3n) is 2.36. The summed E-state index contributed by atoms with van der Waals surface area (Å²) in [4.78, 5) is 26.5. The molecule has 0 bridgehead atoms. The molecule has 0 fully saturated rings. The molecule has 0 aliphatic rings. The fraction of sp³-hybridized carbons (Fsp3) is 0.231. The topological polar surface area (TPSA) is 94.3 Å². The molecule has 2 aromatic rings. The Balaban J connectivity index is 1.94. The fourth-order valence-corrected chi connectivity index (χ4v) is 1.46. The molecular weight excluding hydrogens is 262 g/mol. The highest BCUT2D eigenvalue weighted by Gasteiger charge is 2.16. The number of aromatic nitrogens is 2. The van der Waals surface area contributed by atoms with Gasteiger partial charge in [-0.15, -0.1) is 0 Å². The Hall–Kier alpha value is -2.70. The van der Waals surface area contributed by atoms with Gasteiger partial charge in [-0.3, -0.25) is 4.79 Å². The maximum atomic E-state index is 11.3. The maximum Gasteiger partial charge on any atom is 0.396 e. The van der Waals surface area contributed by atoms with Gasteiger partial charge >= 0.3 is 11.9 Å². The number of hydrogen-bond acceptors (Lipinski definition) is 6. The molecule has 1 heterocycles. The van der Waals surface area contributed by atoms with Crippen molar-refractivity contribution < 1.29 is 18.8 Å². The summed E-state index contributed by atoms with van der Waals surface area (Å²) < 4.78 is 9.53. The van der Waals surface area contributed by atoms with Crippen LogP contribution in [0.3, 0.4) is 0 Å². The van der Waals surface area contributed by atoms with E-state index in [-0.39, 0.29) is 19.0 Å². The van der Waals surface area contributed by atoms with Crippen molar-refractivity contribution in [2.75, 3.05) is 6.61 Å². The van der Waals surface area contributed by atoms with Crippen LogP contribution >= 0.6 is 0 Å². The summed E-state index contributed by atoms with van der Waals surface area (Å²) in [6, 6.07) is 9.27. The van der Waals surface area contributed by atoms with Crippen LogP contribution in [0.15, 0.2) is 34.9 Å². The van der Waals surface area contributed by atoms with Gasteiger partial charge in [-0.1, -0.05) is 35.5 Å². The number of nitrogens with one attached hydrogen (secondary N) is 1. The number of ether oxygens (including phenoxy) is 1. The molecule has 0 spiro atoms. The van der Waals surface area contributed by atoms with E-state index >= 15 is 0 Å². The molecule has 0 atom stereocenters. The molecule has 7 heteroatoms. The normalized spacial score (nSPS) is 10.1. The first-order valence-corrected chi connectivity index (χ1v) is 6.03. The monoisotopic (exact) mass is 275 g/mol. The van der Waals surface area contributed by atoms with E-state index in [1.807, 2.05) is 30.3 Å². The fourth-order valence-electron chi connectivity index (χ4n) is 1.46. The van der Waals surface area contributed by atoms with Crippen molar-refractivity contribution in [3.63, 3.8) is 0 Å². The summed E-state index contributed by atoms with van der Waals surface area (Å²) in [6.45, 7) is 1.73. The van der Waals surface area contributed by atoms with Crippen LogP contribution in [0.1, 0.15) is 12.8 Å². The summed E-state index contributed by atoms with van der Waals surface area (Å²) in [5, 5.41) is 6.13. The van der Waals surface area contributed by atoms with Crippen LogP contribution < -0.4 is 5.32 Å². The number of benzene rings is 1. The van der Waals surface area contributed by atoms with Crippen LogP contribution in [-0.2, 0) is 20.9 Å². The summed E-state index contributed by atoms with van der Waals surface area (Å²) in [5.41, 5.74) is 0.805. The van der Waals surface area contributed by atoms with Gasteiger partial charge in [-0.25, -0.2) is 4.79 Å². The minimum Gasteiger partial charge on any atom is -0.459 e. The Morgan fingerprint density at radius 2 is 2.05 bits per heavy atom. The van der Waals surface area contributed by atoms with Gasteiger partial charge in [0.15, 0.2) is 0 Å². The second kappa shape index (κ2) is 6.46. The van der Waals surface area contributed by atoms with Crippen molar-refractivity contribution >= 4 is 11.9 Å². The molecule has 1 amide bonds. The van der Waals surface area contributed by atoms with Gasteiger partial charge in [0, 0.05) is 5.56 Å². The summed E-state index contributed by atoms with van der Waals surface area (Å²) in [5.74, 6) is -1.14. The SMILES string of the molecule is CCOC(=O)C(=O)NCc1nc(-c2ccccc2)no1. The zero-order valence-electron chi connectivity index (χ0n) is 10.8. The van der Waals surface area contributed by atoms with E-state index in [4.69, 9.17) is 4.52 Å². The number of carbonyl (C=O) groups excluding carboxylic acids is 2. The highest BCUT2D eigenvalue weighted by Crippen LogP contribution is 2.14. The molecule has 0 aliphatic heterocycles. The Labute approximate surface area is 114 Å². The molecule has 0 radical (unpaired) electrons. The van der Waals surface area contributed by atoms with Crippen molar-refractivity contribution in [1.29, 1.82) is 0 Å². The molecule has 7 nitrogen and oxygen atoms in total. The number of carbonyl (C=O) groups is 2. The molecule has 0 saturated heterocycles. The molecule has 1 aromatic carbocycles. The van der Waals surface area contributed by atoms with Crippen molar-refractivity contribution in [3.05, 3.63) is 36.2 Å². The van der Waals surface area contributed by atoms with Gasteiger partial charge in [0.05, 0.1) is 13.2 Å². The number of amides is 1. The van der Waals surface area contributed by atoms with E-state index < -0.39 is 11.9 Å². The molecule has 0 unspecified atom stereocenters. The number of esters is 1. The Morgan fingerprint density at radius 3 is 2.75 bits per heavy atom. The van der Waals surface area contributed by atoms with Crippen molar-refractivity contribution in [1.82, 2.24) is 15.5 Å². The maximum absolute atomic E-state index is 11.3. The van der Waals surface area contributed by atoms with Crippen LogP contribution in [0.25, 0.3) is 11.4 Å². The smallest absolute Gasteiger partial charge is 0.396 e. The van der Waals surface area contributed by atoms with Gasteiger partial charge in [-0.2, -0.15) is 4.98 Å². The quantitative estimate of drug-likeness (QED) is 0.658. The average Bonchev–Trinajstić information content (AvgIpc) is 2.95. The lowest BCUT2D eigenvalue weighted by atomic mass is 10.2. The number of rotatable bonds is 4. The van der Waals surface area contributed by atoms with Crippen molar-refractivity contribution in [3.8, 4) is 11.4 Å². The molecule has 0 aliphatic carbocycles. The Bertz CT molecular complexity index is 595. The molecule has 2 rings (SSSR count). The molecule has 0 saturated carbocycles. The lowest BCUT2D eigenvalue weighted by Gasteiger charge is -2.00. The Kier molecular flexibility index (Phi) is 4.43. The molecule has 1 aromatic heterocycles. The van der Waals surface area contributed by atoms with Crippen LogP contribution in [0, 0.1) is 0 Å². The van der Waals surface area contributed by atoms with Crippen LogP contribution in [0.5, 0.6) is 0 Å². The summed E-state index contributed by atoms with van der Waals surface area (Å²) in [7, 11) is 0. The minimum absolute atomic E-state index is 0.0303. The first kappa shape index (κ1) is 13.7. The van der Waals surface area contributed by atoms with Gasteiger partial charge in [0.25, 0.3) is 0 Å². The average molecular weight is 275 g/mol. The second-order valence-corrected chi connectivity index (χ2v) is 3.78. The van der Waals surface area contributed by atoms with E-state index in [2.05, 4.69) is 20.2 Å². The highest BCUT2D eigenvalue weighted by molar-refractivity contribution is 6.32. The zero-order chi connectivity index (χ0) is 14.4. The van der Waals surface area contributed by atoms with E-state index in [1.165, 1.54) is 0 Å². The third-order valence-corrected chi connectivity index (χ3v) is 2.36. The summed E-state index contributed by atoms with van der Waals surface area (Å²) >= 11 is 0. The largest absolute Gasteiger partial charge is 0.459 e. The van der Waals surface area contributed by atoms with E-state index in [9.17, 15) is 9.59 Å². The first-order chi connectivity index (χ1) is 9.70. The van der Waals surface area contributed by atoms with Crippen molar-refractivity contribution in [2.24, 2.45) is 0 Å². The van der Waals surface area contributed by atoms with E-state index in [0.29, 0.717) is 5.82 Å². The van der Waals surface area contributed by atoms with Gasteiger partial charge in [0.1, 0.15) is 0 Å². The lowest BCUT2D eigenvalue weighted by molar-refractivity contribution is -0.154. The molecular formula is C13H13N3O4. The third kappa shape index (κ3) is 3.41. The minimum atomic E-state index is -0.935. The zero-order valence-corrected chi connectivity index (χ0v) is 10.8. The first-order valence-electron chi connectivity index (χ1n) is 6.03. The highest BCUT2D eigenvalue weighted by atomic mass is 16.5. The molecule has 20 heavy (non-hydrogen) atoms.